The fourth-order valence-electron chi connectivity index (χ4n) is 1.65. The van der Waals surface area contributed by atoms with Crippen LogP contribution in [-0.2, 0) is 15.7 Å². The first-order valence-corrected chi connectivity index (χ1v) is 6.16. The van der Waals surface area contributed by atoms with Gasteiger partial charge in [-0.25, -0.2) is 4.79 Å². The van der Waals surface area contributed by atoms with E-state index in [-0.39, 0.29) is 17.8 Å². The lowest BCUT2D eigenvalue weighted by Gasteiger charge is -2.11. The Bertz CT molecular complexity index is 465. The van der Waals surface area contributed by atoms with E-state index < -0.39 is 24.1 Å². The Morgan fingerprint density at radius 3 is 2.79 bits per heavy atom. The highest BCUT2D eigenvalue weighted by Crippen LogP contribution is 2.29. The number of nitrogens with zero attached hydrogens (tertiary/aromatic N) is 2. The number of anilines is 1. The van der Waals surface area contributed by atoms with Gasteiger partial charge in [-0.2, -0.15) is 22.5 Å². The summed E-state index contributed by atoms with van der Waals surface area (Å²) in [6.45, 7) is 0.205. The Morgan fingerprint density at radius 2 is 2.26 bits per heavy atom. The molecule has 0 radical (unpaired) electrons. The molecular formula is C9H10F3N3O3S. The topological polar surface area (TPSA) is 84.3 Å². The van der Waals surface area contributed by atoms with Gasteiger partial charge >= 0.3 is 12.1 Å². The van der Waals surface area contributed by atoms with E-state index >= 15 is 0 Å². The maximum atomic E-state index is 12.2. The number of nitrogens with one attached hydrogen (secondary N) is 1. The number of hydrogen-bond acceptors (Lipinski definition) is 6. The summed E-state index contributed by atoms with van der Waals surface area (Å²) in [4.78, 5) is 13.9. The number of hydrogen-bond donors (Lipinski definition) is 2. The molecule has 0 aliphatic carbocycles. The number of carboxylic acids is 1. The number of ether oxygens (including phenoxy) is 1. The molecule has 0 amide bonds. The standard InChI is InChI=1S/C9H10F3N3O3S/c10-9(11,12)7-14-8(19-15-7)13-3-4-1-2-5(18-4)6(16)17/h4-5H,1-3H2,(H,16,17)(H,13,14,15). The fourth-order valence-corrected chi connectivity index (χ4v) is 2.24. The minimum Gasteiger partial charge on any atom is -0.479 e. The number of aromatic nitrogens is 2. The van der Waals surface area contributed by atoms with Crippen LogP contribution in [0, 0.1) is 0 Å². The van der Waals surface area contributed by atoms with Crippen LogP contribution < -0.4 is 5.32 Å². The van der Waals surface area contributed by atoms with E-state index in [0.29, 0.717) is 24.4 Å². The third kappa shape index (κ3) is 3.53. The van der Waals surface area contributed by atoms with Gasteiger partial charge in [-0.3, -0.25) is 0 Å². The molecule has 1 aliphatic heterocycles. The summed E-state index contributed by atoms with van der Waals surface area (Å²) in [7, 11) is 0. The summed E-state index contributed by atoms with van der Waals surface area (Å²) in [6, 6.07) is 0. The number of carboxylic acid groups (broad SMARTS) is 1. The van der Waals surface area contributed by atoms with E-state index in [9.17, 15) is 18.0 Å². The summed E-state index contributed by atoms with van der Waals surface area (Å²) < 4.78 is 45.1. The first-order valence-electron chi connectivity index (χ1n) is 5.39. The Kier molecular flexibility index (Phi) is 3.90. The van der Waals surface area contributed by atoms with Crippen molar-refractivity contribution >= 4 is 22.6 Å². The van der Waals surface area contributed by atoms with Gasteiger partial charge in [-0.15, -0.1) is 0 Å². The Morgan fingerprint density at radius 1 is 1.53 bits per heavy atom. The quantitative estimate of drug-likeness (QED) is 0.878. The smallest absolute Gasteiger partial charge is 0.452 e. The monoisotopic (exact) mass is 297 g/mol. The van der Waals surface area contributed by atoms with Crippen molar-refractivity contribution in [3.8, 4) is 0 Å². The van der Waals surface area contributed by atoms with Gasteiger partial charge in [0.25, 0.3) is 0 Å². The highest BCUT2D eigenvalue weighted by Gasteiger charge is 2.36. The molecule has 1 aromatic rings. The lowest BCUT2D eigenvalue weighted by atomic mass is 10.2. The molecule has 19 heavy (non-hydrogen) atoms. The number of aliphatic carboxylic acids is 1. The first kappa shape index (κ1) is 14.0. The van der Waals surface area contributed by atoms with Crippen molar-refractivity contribution in [3.05, 3.63) is 5.82 Å². The highest BCUT2D eigenvalue weighted by molar-refractivity contribution is 7.09. The second-order valence-corrected chi connectivity index (χ2v) is 4.72. The molecule has 1 aromatic heterocycles. The lowest BCUT2D eigenvalue weighted by Crippen LogP contribution is -2.24. The average Bonchev–Trinajstić information content (AvgIpc) is 2.95. The van der Waals surface area contributed by atoms with Crippen molar-refractivity contribution in [2.45, 2.75) is 31.2 Å². The summed E-state index contributed by atoms with van der Waals surface area (Å²) in [6.07, 6.45) is -4.82. The van der Waals surface area contributed by atoms with Crippen LogP contribution >= 0.6 is 11.5 Å². The number of alkyl halides is 3. The molecule has 1 fully saturated rings. The van der Waals surface area contributed by atoms with E-state index in [0.717, 1.165) is 0 Å². The molecule has 2 atom stereocenters. The number of rotatable bonds is 4. The lowest BCUT2D eigenvalue weighted by molar-refractivity contribution is -0.149. The molecule has 2 N–H and O–H groups in total. The van der Waals surface area contributed by atoms with Crippen LogP contribution in [0.3, 0.4) is 0 Å². The van der Waals surface area contributed by atoms with E-state index in [1.807, 2.05) is 0 Å². The second-order valence-electron chi connectivity index (χ2n) is 3.96. The first-order chi connectivity index (χ1) is 8.86. The Labute approximate surface area is 109 Å². The van der Waals surface area contributed by atoms with Crippen LogP contribution in [0.15, 0.2) is 0 Å². The molecule has 6 nitrogen and oxygen atoms in total. The molecule has 0 saturated carbocycles. The van der Waals surface area contributed by atoms with Crippen molar-refractivity contribution < 1.29 is 27.8 Å². The van der Waals surface area contributed by atoms with Crippen LogP contribution in [0.5, 0.6) is 0 Å². The van der Waals surface area contributed by atoms with E-state index in [1.54, 1.807) is 0 Å². The zero-order valence-electron chi connectivity index (χ0n) is 9.48. The zero-order chi connectivity index (χ0) is 14.0. The number of halogens is 3. The fraction of sp³-hybridized carbons (Fsp3) is 0.667. The normalized spacial score (nSPS) is 23.5. The summed E-state index contributed by atoms with van der Waals surface area (Å²) in [5, 5.41) is 11.4. The molecule has 1 saturated heterocycles. The third-order valence-corrected chi connectivity index (χ3v) is 3.22. The van der Waals surface area contributed by atoms with Gasteiger partial charge in [-0.1, -0.05) is 0 Å². The van der Waals surface area contributed by atoms with Crippen molar-refractivity contribution in [2.75, 3.05) is 11.9 Å². The van der Waals surface area contributed by atoms with Gasteiger partial charge in [-0.05, 0) is 12.8 Å². The molecule has 2 unspecified atom stereocenters. The molecular weight excluding hydrogens is 287 g/mol. The maximum absolute atomic E-state index is 12.2. The van der Waals surface area contributed by atoms with Crippen LogP contribution in [0.1, 0.15) is 18.7 Å². The van der Waals surface area contributed by atoms with Gasteiger partial charge in [0.05, 0.1) is 6.10 Å². The van der Waals surface area contributed by atoms with Crippen LogP contribution in [0.4, 0.5) is 18.3 Å². The average molecular weight is 297 g/mol. The van der Waals surface area contributed by atoms with Gasteiger partial charge < -0.3 is 15.2 Å². The van der Waals surface area contributed by atoms with E-state index in [4.69, 9.17) is 9.84 Å². The third-order valence-electron chi connectivity index (χ3n) is 2.54. The number of carbonyl (C=O) groups is 1. The van der Waals surface area contributed by atoms with Gasteiger partial charge in [0.1, 0.15) is 0 Å². The van der Waals surface area contributed by atoms with E-state index in [1.165, 1.54) is 0 Å². The Balaban J connectivity index is 1.83. The predicted octanol–water partition coefficient (Wildman–Crippen LogP) is 1.60. The van der Waals surface area contributed by atoms with Crippen molar-refractivity contribution in [3.63, 3.8) is 0 Å². The zero-order valence-corrected chi connectivity index (χ0v) is 10.3. The molecule has 10 heteroatoms. The molecule has 1 aliphatic rings. The second kappa shape index (κ2) is 5.29. The molecule has 106 valence electrons. The molecule has 2 heterocycles. The van der Waals surface area contributed by atoms with Crippen LogP contribution in [0.2, 0.25) is 0 Å². The molecule has 0 spiro atoms. The summed E-state index contributed by atoms with van der Waals surface area (Å²) in [5.41, 5.74) is 0. The van der Waals surface area contributed by atoms with E-state index in [2.05, 4.69) is 14.7 Å². The molecule has 0 aromatic carbocycles. The molecule has 0 bridgehead atoms. The minimum atomic E-state index is -4.56. The predicted molar refractivity (Wildman–Crippen MR) is 58.9 cm³/mol. The minimum absolute atomic E-state index is 0.0368. The SMILES string of the molecule is O=C(O)C1CCC(CNc2nc(C(F)(F)F)ns2)O1. The summed E-state index contributed by atoms with van der Waals surface area (Å²) >= 11 is 0.603. The van der Waals surface area contributed by atoms with Crippen molar-refractivity contribution in [1.82, 2.24) is 9.36 Å². The van der Waals surface area contributed by atoms with Crippen LogP contribution in [-0.4, -0.2) is 39.2 Å². The van der Waals surface area contributed by atoms with Crippen molar-refractivity contribution in [1.29, 1.82) is 0 Å². The largest absolute Gasteiger partial charge is 0.479 e. The maximum Gasteiger partial charge on any atom is 0.452 e. The van der Waals surface area contributed by atoms with Gasteiger partial charge in [0.2, 0.25) is 11.0 Å². The molecule has 2 rings (SSSR count). The Hall–Kier alpha value is -1.42. The van der Waals surface area contributed by atoms with Crippen molar-refractivity contribution in [2.24, 2.45) is 0 Å². The van der Waals surface area contributed by atoms with Crippen LogP contribution in [0.25, 0.3) is 0 Å². The van der Waals surface area contributed by atoms with Gasteiger partial charge in [0, 0.05) is 18.1 Å². The highest BCUT2D eigenvalue weighted by atomic mass is 32.1. The van der Waals surface area contributed by atoms with Gasteiger partial charge in [0.15, 0.2) is 6.10 Å². The summed E-state index contributed by atoms with van der Waals surface area (Å²) in [5.74, 6) is -2.21.